The van der Waals surface area contributed by atoms with Crippen LogP contribution in [-0.4, -0.2) is 66.4 Å². The fourth-order valence-corrected chi connectivity index (χ4v) is 3.41. The fourth-order valence-electron chi connectivity index (χ4n) is 3.41. The Bertz CT molecular complexity index is 666. The van der Waals surface area contributed by atoms with Gasteiger partial charge in [-0.2, -0.15) is 0 Å². The summed E-state index contributed by atoms with van der Waals surface area (Å²) in [6.45, 7) is 16.0. The average molecular weight is 388 g/mol. The molecule has 6 nitrogen and oxygen atoms in total. The van der Waals surface area contributed by atoms with Crippen LogP contribution >= 0.6 is 0 Å². The van der Waals surface area contributed by atoms with Gasteiger partial charge in [0.15, 0.2) is 0 Å². The maximum absolute atomic E-state index is 12.3. The van der Waals surface area contributed by atoms with Crippen molar-refractivity contribution in [2.24, 2.45) is 0 Å². The molecule has 3 rings (SSSR count). The van der Waals surface area contributed by atoms with Crippen LogP contribution in [0.3, 0.4) is 0 Å². The van der Waals surface area contributed by atoms with Crippen LogP contribution in [0.25, 0.3) is 0 Å². The zero-order chi connectivity index (χ0) is 20.5. The summed E-state index contributed by atoms with van der Waals surface area (Å²) in [5.74, 6) is 0. The number of nitrogens with zero attached hydrogens (tertiary/aromatic N) is 2. The highest BCUT2D eigenvalue weighted by molar-refractivity contribution is 6.62. The summed E-state index contributed by atoms with van der Waals surface area (Å²) >= 11 is 0. The van der Waals surface area contributed by atoms with Crippen molar-refractivity contribution in [3.8, 4) is 0 Å². The van der Waals surface area contributed by atoms with Crippen molar-refractivity contribution in [1.82, 2.24) is 9.80 Å². The minimum Gasteiger partial charge on any atom is -0.445 e. The number of piperazine rings is 1. The molecule has 1 aromatic carbocycles. The Hall–Kier alpha value is -1.57. The van der Waals surface area contributed by atoms with Crippen molar-refractivity contribution >= 4 is 18.7 Å². The Morgan fingerprint density at radius 3 is 2.07 bits per heavy atom. The molecule has 2 heterocycles. The van der Waals surface area contributed by atoms with Gasteiger partial charge in [-0.05, 0) is 52.6 Å². The third kappa shape index (κ3) is 4.53. The zero-order valence-electron chi connectivity index (χ0n) is 18.0. The Morgan fingerprint density at radius 1 is 1.04 bits per heavy atom. The van der Waals surface area contributed by atoms with E-state index >= 15 is 0 Å². The van der Waals surface area contributed by atoms with Gasteiger partial charge in [0.05, 0.1) is 11.2 Å². The predicted octanol–water partition coefficient (Wildman–Crippen LogP) is 2.65. The monoisotopic (exact) mass is 388 g/mol. The lowest BCUT2D eigenvalue weighted by atomic mass is 9.79. The van der Waals surface area contributed by atoms with Crippen LogP contribution in [0, 0.1) is 0 Å². The highest BCUT2D eigenvalue weighted by Gasteiger charge is 2.51. The SMILES string of the molecule is CC(C)N1CCN(C(=O)OCc2ccc(B3OC(C)(C)C(C)(C)O3)cc2)CC1. The molecule has 0 atom stereocenters. The molecule has 0 aliphatic carbocycles. The normalized spacial score (nSPS) is 22.0. The van der Waals surface area contributed by atoms with Gasteiger partial charge in [0.1, 0.15) is 6.61 Å². The second kappa shape index (κ2) is 8.05. The summed E-state index contributed by atoms with van der Waals surface area (Å²) in [6, 6.07) is 8.40. The van der Waals surface area contributed by atoms with E-state index in [1.165, 1.54) is 0 Å². The van der Waals surface area contributed by atoms with Crippen LogP contribution in [0.5, 0.6) is 0 Å². The van der Waals surface area contributed by atoms with Crippen molar-refractivity contribution in [2.75, 3.05) is 26.2 Å². The molecular weight excluding hydrogens is 355 g/mol. The Labute approximate surface area is 169 Å². The first-order valence-electron chi connectivity index (χ1n) is 10.2. The molecule has 7 heteroatoms. The topological polar surface area (TPSA) is 51.2 Å². The molecule has 0 spiro atoms. The molecule has 0 bridgehead atoms. The van der Waals surface area contributed by atoms with Gasteiger partial charge in [-0.1, -0.05) is 24.3 Å². The van der Waals surface area contributed by atoms with Crippen molar-refractivity contribution in [1.29, 1.82) is 0 Å². The highest BCUT2D eigenvalue weighted by atomic mass is 16.7. The Balaban J connectivity index is 1.49. The van der Waals surface area contributed by atoms with E-state index in [0.29, 0.717) is 6.04 Å². The summed E-state index contributed by atoms with van der Waals surface area (Å²) in [5.41, 5.74) is 1.21. The predicted molar refractivity (Wildman–Crippen MR) is 111 cm³/mol. The van der Waals surface area contributed by atoms with Crippen LogP contribution in [0.1, 0.15) is 47.1 Å². The molecule has 1 aromatic rings. The van der Waals surface area contributed by atoms with Crippen LogP contribution in [0.15, 0.2) is 24.3 Å². The van der Waals surface area contributed by atoms with Gasteiger partial charge in [-0.3, -0.25) is 4.90 Å². The van der Waals surface area contributed by atoms with Gasteiger partial charge < -0.3 is 18.9 Å². The number of ether oxygens (including phenoxy) is 1. The Kier molecular flexibility index (Phi) is 6.08. The third-order valence-corrected chi connectivity index (χ3v) is 6.17. The lowest BCUT2D eigenvalue weighted by Gasteiger charge is -2.36. The number of benzene rings is 1. The molecule has 2 aliphatic heterocycles. The second-order valence-electron chi connectivity index (χ2n) is 9.00. The molecule has 154 valence electrons. The molecule has 0 aromatic heterocycles. The number of carbonyl (C=O) groups excluding carboxylic acids is 1. The summed E-state index contributed by atoms with van der Waals surface area (Å²) < 4.78 is 17.7. The van der Waals surface area contributed by atoms with E-state index in [0.717, 1.165) is 37.2 Å². The average Bonchev–Trinajstić information content (AvgIpc) is 2.87. The van der Waals surface area contributed by atoms with E-state index in [1.807, 2.05) is 52.0 Å². The Morgan fingerprint density at radius 2 is 1.57 bits per heavy atom. The zero-order valence-corrected chi connectivity index (χ0v) is 18.0. The van der Waals surface area contributed by atoms with Crippen LogP contribution < -0.4 is 5.46 Å². The quantitative estimate of drug-likeness (QED) is 0.743. The number of rotatable bonds is 4. The number of carbonyl (C=O) groups is 1. The van der Waals surface area contributed by atoms with E-state index in [4.69, 9.17) is 14.0 Å². The molecule has 0 N–H and O–H groups in total. The van der Waals surface area contributed by atoms with Gasteiger partial charge in [0.25, 0.3) is 0 Å². The second-order valence-corrected chi connectivity index (χ2v) is 9.00. The van der Waals surface area contributed by atoms with E-state index in [1.54, 1.807) is 4.90 Å². The summed E-state index contributed by atoms with van der Waals surface area (Å²) in [7, 11) is -0.376. The van der Waals surface area contributed by atoms with E-state index in [2.05, 4.69) is 18.7 Å². The van der Waals surface area contributed by atoms with Crippen molar-refractivity contribution in [2.45, 2.75) is 65.4 Å². The standard InChI is InChI=1S/C21H33BN2O4/c1-16(2)23-11-13-24(14-12-23)19(25)26-15-17-7-9-18(10-8-17)22-27-20(3,4)21(5,6)28-22/h7-10,16H,11-15H2,1-6H3. The van der Waals surface area contributed by atoms with Crippen LogP contribution in [-0.2, 0) is 20.7 Å². The molecule has 2 fully saturated rings. The maximum Gasteiger partial charge on any atom is 0.494 e. The van der Waals surface area contributed by atoms with Gasteiger partial charge in [0.2, 0.25) is 0 Å². The highest BCUT2D eigenvalue weighted by Crippen LogP contribution is 2.36. The number of amides is 1. The molecule has 1 amide bonds. The van der Waals surface area contributed by atoms with Gasteiger partial charge in [0, 0.05) is 32.2 Å². The summed E-state index contributed by atoms with van der Waals surface area (Å²) in [5, 5.41) is 0. The van der Waals surface area contributed by atoms with Crippen molar-refractivity contribution < 1.29 is 18.8 Å². The van der Waals surface area contributed by atoms with E-state index < -0.39 is 0 Å². The fraction of sp³-hybridized carbons (Fsp3) is 0.667. The molecule has 28 heavy (non-hydrogen) atoms. The van der Waals surface area contributed by atoms with Crippen molar-refractivity contribution in [3.63, 3.8) is 0 Å². The smallest absolute Gasteiger partial charge is 0.445 e. The molecule has 0 unspecified atom stereocenters. The van der Waals surface area contributed by atoms with Crippen molar-refractivity contribution in [3.05, 3.63) is 29.8 Å². The number of hydrogen-bond donors (Lipinski definition) is 0. The number of hydrogen-bond acceptors (Lipinski definition) is 5. The van der Waals surface area contributed by atoms with Crippen LogP contribution in [0.2, 0.25) is 0 Å². The molecule has 0 radical (unpaired) electrons. The van der Waals surface area contributed by atoms with E-state index in [9.17, 15) is 4.79 Å². The van der Waals surface area contributed by atoms with Gasteiger partial charge >= 0.3 is 13.2 Å². The summed E-state index contributed by atoms with van der Waals surface area (Å²) in [4.78, 5) is 16.5. The molecule has 0 saturated carbocycles. The first kappa shape index (κ1) is 21.2. The maximum atomic E-state index is 12.3. The molecule has 2 saturated heterocycles. The minimum absolute atomic E-state index is 0.238. The van der Waals surface area contributed by atoms with Gasteiger partial charge in [-0.15, -0.1) is 0 Å². The lowest BCUT2D eigenvalue weighted by Crippen LogP contribution is -2.50. The first-order valence-corrected chi connectivity index (χ1v) is 10.2. The van der Waals surface area contributed by atoms with Gasteiger partial charge in [-0.25, -0.2) is 4.79 Å². The van der Waals surface area contributed by atoms with E-state index in [-0.39, 0.29) is 31.0 Å². The minimum atomic E-state index is -0.376. The largest absolute Gasteiger partial charge is 0.494 e. The molecular formula is C21H33BN2O4. The summed E-state index contributed by atoms with van der Waals surface area (Å²) in [6.07, 6.45) is -0.238. The third-order valence-electron chi connectivity index (χ3n) is 6.17. The molecule has 2 aliphatic rings. The lowest BCUT2D eigenvalue weighted by molar-refractivity contribution is 0.00578. The first-order chi connectivity index (χ1) is 13.1. The van der Waals surface area contributed by atoms with Crippen LogP contribution in [0.4, 0.5) is 4.79 Å².